The third kappa shape index (κ3) is 1.78. The molecule has 0 bridgehead atoms. The van der Waals surface area contributed by atoms with Gasteiger partial charge in [0.1, 0.15) is 5.60 Å². The van der Waals surface area contributed by atoms with Gasteiger partial charge in [-0.1, -0.05) is 19.4 Å². The third-order valence-electron chi connectivity index (χ3n) is 10.2. The summed E-state index contributed by atoms with van der Waals surface area (Å²) >= 11 is 0. The molecule has 5 nitrogen and oxygen atoms in total. The molecule has 6 rings (SSSR count). The largest absolute Gasteiger partial charge is 0.481 e. The van der Waals surface area contributed by atoms with Crippen molar-refractivity contribution in [1.29, 1.82) is 0 Å². The van der Waals surface area contributed by atoms with Crippen molar-refractivity contribution in [1.82, 2.24) is 0 Å². The zero-order chi connectivity index (χ0) is 19.7. The van der Waals surface area contributed by atoms with E-state index in [1.165, 1.54) is 5.57 Å². The van der Waals surface area contributed by atoms with Gasteiger partial charge in [-0.15, -0.1) is 0 Å². The van der Waals surface area contributed by atoms with Crippen LogP contribution in [-0.2, 0) is 14.3 Å². The Morgan fingerprint density at radius 2 is 2.11 bits per heavy atom. The van der Waals surface area contributed by atoms with Crippen LogP contribution in [0.2, 0.25) is 0 Å². The van der Waals surface area contributed by atoms with Gasteiger partial charge in [0.2, 0.25) is 0 Å². The van der Waals surface area contributed by atoms with Gasteiger partial charge in [0.15, 0.2) is 5.78 Å². The summed E-state index contributed by atoms with van der Waals surface area (Å²) < 4.78 is 6.62. The maximum absolute atomic E-state index is 12.1. The molecule has 2 N–H and O–H groups in total. The van der Waals surface area contributed by atoms with Crippen molar-refractivity contribution in [2.45, 2.75) is 82.5 Å². The van der Waals surface area contributed by atoms with Crippen molar-refractivity contribution in [2.75, 3.05) is 0 Å². The number of ether oxygens (including phenoxy) is 1. The Balaban J connectivity index is 1.40. The first-order valence-corrected chi connectivity index (χ1v) is 11.0. The summed E-state index contributed by atoms with van der Waals surface area (Å²) in [4.78, 5) is 23.3. The number of aliphatic carboxylic acids is 1. The molecular weight excluding hydrogens is 356 g/mol. The van der Waals surface area contributed by atoms with Gasteiger partial charge in [0.05, 0.1) is 11.7 Å². The SMILES string of the molecule is C[C@]12CCC(=O)C=C1[C@H]1C[C@H]1[C@H]1[C@@H]3CC[C@@](O)(CCC(=O)O)[C@@]3(C)C[C@H]3O[C@@]132. The molecule has 4 saturated carbocycles. The smallest absolute Gasteiger partial charge is 0.303 e. The lowest BCUT2D eigenvalue weighted by Crippen LogP contribution is -2.60. The number of fused-ring (bicyclic) bond motifs is 6. The molecular formula is C23H30O5. The van der Waals surface area contributed by atoms with Gasteiger partial charge < -0.3 is 14.9 Å². The van der Waals surface area contributed by atoms with Crippen LogP contribution in [0.15, 0.2) is 11.6 Å². The zero-order valence-electron chi connectivity index (χ0n) is 16.7. The van der Waals surface area contributed by atoms with E-state index < -0.39 is 11.6 Å². The maximum Gasteiger partial charge on any atom is 0.303 e. The fraction of sp³-hybridized carbons (Fsp3) is 0.826. The Hall–Kier alpha value is -1.20. The average molecular weight is 386 g/mol. The summed E-state index contributed by atoms with van der Waals surface area (Å²) in [6.07, 6.45) is 7.59. The van der Waals surface area contributed by atoms with E-state index in [-0.39, 0.29) is 34.7 Å². The Morgan fingerprint density at radius 1 is 1.32 bits per heavy atom. The predicted molar refractivity (Wildman–Crippen MR) is 100 cm³/mol. The molecule has 0 amide bonds. The van der Waals surface area contributed by atoms with Gasteiger partial charge in [0, 0.05) is 23.7 Å². The second-order valence-electron chi connectivity index (χ2n) is 11.0. The van der Waals surface area contributed by atoms with E-state index >= 15 is 0 Å². The lowest BCUT2D eigenvalue weighted by atomic mass is 9.46. The minimum absolute atomic E-state index is 0.0267. The Kier molecular flexibility index (Phi) is 3.10. The van der Waals surface area contributed by atoms with Crippen molar-refractivity contribution in [3.05, 3.63) is 11.6 Å². The normalized spacial score (nSPS) is 57.9. The Labute approximate surface area is 165 Å². The number of carboxylic acids is 1. The van der Waals surface area contributed by atoms with Crippen LogP contribution in [0.4, 0.5) is 0 Å². The number of carbonyl (C=O) groups excluding carboxylic acids is 1. The summed E-state index contributed by atoms with van der Waals surface area (Å²) in [6.45, 7) is 4.54. The molecule has 1 saturated heterocycles. The third-order valence-corrected chi connectivity index (χ3v) is 10.2. The molecule has 1 heterocycles. The second-order valence-corrected chi connectivity index (χ2v) is 11.0. The van der Waals surface area contributed by atoms with Gasteiger partial charge in [-0.2, -0.15) is 0 Å². The Bertz CT molecular complexity index is 833. The topological polar surface area (TPSA) is 87.1 Å². The minimum Gasteiger partial charge on any atom is -0.481 e. The lowest BCUT2D eigenvalue weighted by Gasteiger charge is -2.56. The van der Waals surface area contributed by atoms with Crippen molar-refractivity contribution < 1.29 is 24.5 Å². The van der Waals surface area contributed by atoms with E-state index in [1.807, 2.05) is 6.08 Å². The van der Waals surface area contributed by atoms with Crippen molar-refractivity contribution in [3.63, 3.8) is 0 Å². The monoisotopic (exact) mass is 386 g/mol. The number of hydrogen-bond donors (Lipinski definition) is 2. The summed E-state index contributed by atoms with van der Waals surface area (Å²) in [5.41, 5.74) is -0.0168. The highest BCUT2D eigenvalue weighted by Gasteiger charge is 2.84. The van der Waals surface area contributed by atoms with E-state index in [0.717, 1.165) is 25.7 Å². The van der Waals surface area contributed by atoms with Gasteiger partial charge in [-0.3, -0.25) is 9.59 Å². The lowest BCUT2D eigenvalue weighted by molar-refractivity contribution is -0.144. The van der Waals surface area contributed by atoms with Crippen LogP contribution >= 0.6 is 0 Å². The van der Waals surface area contributed by atoms with Gasteiger partial charge in [-0.25, -0.2) is 0 Å². The molecule has 0 aromatic carbocycles. The number of aliphatic hydroxyl groups is 1. The van der Waals surface area contributed by atoms with Crippen LogP contribution < -0.4 is 0 Å². The summed E-state index contributed by atoms with van der Waals surface area (Å²) in [6, 6.07) is 0. The molecule has 0 aromatic rings. The van der Waals surface area contributed by atoms with Crippen LogP contribution in [0.5, 0.6) is 0 Å². The number of hydrogen-bond acceptors (Lipinski definition) is 4. The van der Waals surface area contributed by atoms with Crippen molar-refractivity contribution in [3.8, 4) is 0 Å². The Morgan fingerprint density at radius 3 is 2.86 bits per heavy atom. The summed E-state index contributed by atoms with van der Waals surface area (Å²) in [5.74, 6) is 1.36. The standard InChI is InChI=1S/C23H30O5/c1-20-6-3-12(24)9-16(20)13-10-14(13)19-15-4-7-22(27,8-5-18(25)26)21(15,2)11-17-23(19,20)28-17/h9,13-15,17,19,27H,3-8,10-11H2,1-2H3,(H,25,26)/t13-,14+,15-,17+,19-,20-,21-,22+,23+/m0/s1. The molecule has 5 heteroatoms. The van der Waals surface area contributed by atoms with E-state index in [0.29, 0.717) is 42.9 Å². The molecule has 5 aliphatic carbocycles. The molecule has 6 aliphatic rings. The quantitative estimate of drug-likeness (QED) is 0.728. The first-order valence-electron chi connectivity index (χ1n) is 11.0. The van der Waals surface area contributed by atoms with Crippen molar-refractivity contribution in [2.24, 2.45) is 34.5 Å². The van der Waals surface area contributed by atoms with Gasteiger partial charge in [0.25, 0.3) is 0 Å². The fourth-order valence-electron chi connectivity index (χ4n) is 8.66. The first-order chi connectivity index (χ1) is 13.2. The predicted octanol–water partition coefficient (Wildman–Crippen LogP) is 3.10. The number of rotatable bonds is 3. The molecule has 0 unspecified atom stereocenters. The summed E-state index contributed by atoms with van der Waals surface area (Å²) in [5, 5.41) is 20.8. The molecule has 5 fully saturated rings. The van der Waals surface area contributed by atoms with Gasteiger partial charge >= 0.3 is 5.97 Å². The number of carbonyl (C=O) groups is 2. The maximum atomic E-state index is 12.1. The molecule has 0 radical (unpaired) electrons. The van der Waals surface area contributed by atoms with E-state index in [4.69, 9.17) is 4.74 Å². The second kappa shape index (κ2) is 4.92. The minimum atomic E-state index is -0.905. The van der Waals surface area contributed by atoms with E-state index in [9.17, 15) is 19.8 Å². The van der Waals surface area contributed by atoms with Crippen LogP contribution in [0.25, 0.3) is 0 Å². The van der Waals surface area contributed by atoms with E-state index in [2.05, 4.69) is 13.8 Å². The highest BCUT2D eigenvalue weighted by Crippen LogP contribution is 2.82. The molecule has 0 aromatic heterocycles. The van der Waals surface area contributed by atoms with Crippen LogP contribution in [0, 0.1) is 34.5 Å². The molecule has 28 heavy (non-hydrogen) atoms. The first kappa shape index (κ1) is 17.6. The van der Waals surface area contributed by atoms with Crippen LogP contribution in [0.1, 0.15) is 65.2 Å². The van der Waals surface area contributed by atoms with E-state index in [1.54, 1.807) is 0 Å². The number of ketones is 1. The number of carboxylic acid groups (broad SMARTS) is 1. The highest BCUT2D eigenvalue weighted by molar-refractivity contribution is 5.92. The van der Waals surface area contributed by atoms with Gasteiger partial charge in [-0.05, 0) is 68.3 Å². The molecule has 9 atom stereocenters. The van der Waals surface area contributed by atoms with Crippen molar-refractivity contribution >= 4 is 11.8 Å². The molecule has 1 aliphatic heterocycles. The summed E-state index contributed by atoms with van der Waals surface area (Å²) in [7, 11) is 0. The van der Waals surface area contributed by atoms with Crippen LogP contribution in [0.3, 0.4) is 0 Å². The highest BCUT2D eigenvalue weighted by atomic mass is 16.6. The molecule has 152 valence electrons. The fourth-order valence-corrected chi connectivity index (χ4v) is 8.66. The molecule has 1 spiro atoms. The van der Waals surface area contributed by atoms with Crippen LogP contribution in [-0.4, -0.2) is 39.3 Å². The zero-order valence-corrected chi connectivity index (χ0v) is 16.7. The number of epoxide rings is 1. The average Bonchev–Trinajstić information content (AvgIpc) is 3.52.